The molecule has 1 heterocycles. The Morgan fingerprint density at radius 1 is 1.29 bits per heavy atom. The third kappa shape index (κ3) is 5.76. The molecule has 0 aliphatic carbocycles. The maximum Gasteiger partial charge on any atom is 0.408 e. The number of hydrogen-bond acceptors (Lipinski definition) is 7. The van der Waals surface area contributed by atoms with Crippen molar-refractivity contribution in [1.29, 1.82) is 0 Å². The van der Waals surface area contributed by atoms with Crippen LogP contribution in [0.3, 0.4) is 0 Å². The van der Waals surface area contributed by atoms with Gasteiger partial charge in [-0.1, -0.05) is 5.10 Å². The average Bonchev–Trinajstić information content (AvgIpc) is 2.97. The minimum absolute atomic E-state index is 0.121. The zero-order valence-electron chi connectivity index (χ0n) is 14.9. The minimum Gasteiger partial charge on any atom is -0.444 e. The normalized spacial score (nSPS) is 13.9. The van der Waals surface area contributed by atoms with Crippen LogP contribution in [-0.4, -0.2) is 57.4 Å². The first-order valence-electron chi connectivity index (χ1n) is 7.82. The van der Waals surface area contributed by atoms with E-state index in [-0.39, 0.29) is 11.9 Å². The first kappa shape index (κ1) is 19.8. The number of carbonyl (C=O) groups excluding carboxylic acids is 2. The number of rotatable bonds is 7. The number of alkyl carbamates (subject to hydrolysis) is 1. The van der Waals surface area contributed by atoms with Gasteiger partial charge in [-0.25, -0.2) is 4.79 Å². The lowest BCUT2D eigenvalue weighted by Gasteiger charge is -2.33. The van der Waals surface area contributed by atoms with Crippen molar-refractivity contribution >= 4 is 17.9 Å². The standard InChI is InChI=1S/C14H27N7O3/c1-13(2,3)24-12(23)16-14(4,8-6-7-9-15)10(22)21(5)11-17-19-20-18-11/h6-9,15H2,1-5H3,(H,16,23)(H,17,18,19,20). The molecule has 4 N–H and O–H groups in total. The van der Waals surface area contributed by atoms with Gasteiger partial charge in [0, 0.05) is 7.05 Å². The Hall–Kier alpha value is -2.23. The van der Waals surface area contributed by atoms with E-state index in [1.807, 2.05) is 0 Å². The number of nitrogens with one attached hydrogen (secondary N) is 2. The van der Waals surface area contributed by atoms with E-state index in [0.717, 1.165) is 6.42 Å². The highest BCUT2D eigenvalue weighted by Gasteiger charge is 2.39. The van der Waals surface area contributed by atoms with Crippen molar-refractivity contribution in [3.05, 3.63) is 0 Å². The van der Waals surface area contributed by atoms with Crippen LogP contribution in [0.15, 0.2) is 0 Å². The van der Waals surface area contributed by atoms with Gasteiger partial charge in [-0.3, -0.25) is 9.69 Å². The van der Waals surface area contributed by atoms with Crippen LogP contribution in [0.2, 0.25) is 0 Å². The molecule has 1 unspecified atom stereocenters. The molecule has 0 radical (unpaired) electrons. The number of nitrogens with two attached hydrogens (primary N) is 1. The quantitative estimate of drug-likeness (QED) is 0.616. The Morgan fingerprint density at radius 3 is 2.46 bits per heavy atom. The second-order valence-corrected chi connectivity index (χ2v) is 6.78. The van der Waals surface area contributed by atoms with Crippen LogP contribution < -0.4 is 16.0 Å². The van der Waals surface area contributed by atoms with E-state index in [2.05, 4.69) is 25.9 Å². The first-order valence-corrected chi connectivity index (χ1v) is 7.82. The predicted molar refractivity (Wildman–Crippen MR) is 88.3 cm³/mol. The van der Waals surface area contributed by atoms with Gasteiger partial charge in [0.05, 0.1) is 0 Å². The molecule has 0 bridgehead atoms. The number of anilines is 1. The maximum absolute atomic E-state index is 12.9. The number of nitrogens with zero attached hydrogens (tertiary/aromatic N) is 4. The molecule has 136 valence electrons. The van der Waals surface area contributed by atoms with Crippen LogP contribution in [0.5, 0.6) is 0 Å². The molecule has 10 nitrogen and oxygen atoms in total. The van der Waals surface area contributed by atoms with E-state index in [4.69, 9.17) is 10.5 Å². The smallest absolute Gasteiger partial charge is 0.408 e. The molecule has 0 spiro atoms. The molecule has 1 aromatic heterocycles. The van der Waals surface area contributed by atoms with E-state index in [0.29, 0.717) is 19.4 Å². The van der Waals surface area contributed by atoms with Crippen molar-refractivity contribution in [3.8, 4) is 0 Å². The summed E-state index contributed by atoms with van der Waals surface area (Å²) in [6.45, 7) is 7.42. The predicted octanol–water partition coefficient (Wildman–Crippen LogP) is 0.575. The average molecular weight is 341 g/mol. The second-order valence-electron chi connectivity index (χ2n) is 6.78. The van der Waals surface area contributed by atoms with Crippen molar-refractivity contribution < 1.29 is 14.3 Å². The number of H-pyrrole nitrogens is 1. The summed E-state index contributed by atoms with van der Waals surface area (Å²) in [6, 6.07) is 0. The lowest BCUT2D eigenvalue weighted by Crippen LogP contribution is -2.58. The number of amides is 2. The van der Waals surface area contributed by atoms with Gasteiger partial charge in [-0.2, -0.15) is 5.21 Å². The van der Waals surface area contributed by atoms with Crippen LogP contribution in [-0.2, 0) is 9.53 Å². The van der Waals surface area contributed by atoms with E-state index in [1.54, 1.807) is 27.7 Å². The number of carbonyl (C=O) groups is 2. The molecule has 1 aromatic rings. The first-order chi connectivity index (χ1) is 11.1. The molecule has 1 atom stereocenters. The number of tetrazole rings is 1. The topological polar surface area (TPSA) is 139 Å². The summed E-state index contributed by atoms with van der Waals surface area (Å²) < 4.78 is 5.27. The fraction of sp³-hybridized carbons (Fsp3) is 0.786. The van der Waals surface area contributed by atoms with Crippen molar-refractivity contribution in [3.63, 3.8) is 0 Å². The second kappa shape index (κ2) is 8.04. The van der Waals surface area contributed by atoms with Crippen molar-refractivity contribution in [2.45, 2.75) is 58.1 Å². The lowest BCUT2D eigenvalue weighted by atomic mass is 9.93. The van der Waals surface area contributed by atoms with Crippen LogP contribution in [0.4, 0.5) is 10.7 Å². The highest BCUT2D eigenvalue weighted by Crippen LogP contribution is 2.20. The van der Waals surface area contributed by atoms with Gasteiger partial charge in [-0.05, 0) is 58.7 Å². The third-order valence-electron chi connectivity index (χ3n) is 3.32. The molecule has 0 saturated carbocycles. The molecular formula is C14H27N7O3. The molecule has 2 amide bonds. The van der Waals surface area contributed by atoms with Crippen molar-refractivity contribution in [2.24, 2.45) is 5.73 Å². The van der Waals surface area contributed by atoms with E-state index in [1.165, 1.54) is 11.9 Å². The molecule has 0 aromatic carbocycles. The van der Waals surface area contributed by atoms with E-state index >= 15 is 0 Å². The molecule has 10 heteroatoms. The van der Waals surface area contributed by atoms with Crippen molar-refractivity contribution in [1.82, 2.24) is 25.9 Å². The number of aromatic amines is 1. The number of aromatic nitrogens is 4. The molecule has 0 fully saturated rings. The van der Waals surface area contributed by atoms with Crippen LogP contribution in [0.25, 0.3) is 0 Å². The van der Waals surface area contributed by atoms with Gasteiger partial charge in [0.1, 0.15) is 11.1 Å². The Morgan fingerprint density at radius 2 is 1.96 bits per heavy atom. The third-order valence-corrected chi connectivity index (χ3v) is 3.32. The summed E-state index contributed by atoms with van der Waals surface area (Å²) in [5, 5.41) is 16.0. The fourth-order valence-electron chi connectivity index (χ4n) is 2.13. The van der Waals surface area contributed by atoms with Crippen LogP contribution in [0.1, 0.15) is 47.0 Å². The molecular weight excluding hydrogens is 314 g/mol. The summed E-state index contributed by atoms with van der Waals surface area (Å²) in [5.41, 5.74) is 3.68. The molecule has 24 heavy (non-hydrogen) atoms. The van der Waals surface area contributed by atoms with Crippen molar-refractivity contribution in [2.75, 3.05) is 18.5 Å². The summed E-state index contributed by atoms with van der Waals surface area (Å²) in [7, 11) is 1.52. The van der Waals surface area contributed by atoms with Crippen LogP contribution >= 0.6 is 0 Å². The SMILES string of the molecule is CN(C(=O)C(C)(CCCCN)NC(=O)OC(C)(C)C)c1nn[nH]n1. The fourth-order valence-corrected chi connectivity index (χ4v) is 2.13. The molecule has 0 aliphatic heterocycles. The van der Waals surface area contributed by atoms with Gasteiger partial charge in [0.15, 0.2) is 0 Å². The monoisotopic (exact) mass is 341 g/mol. The van der Waals surface area contributed by atoms with Gasteiger partial charge in [-0.15, -0.1) is 5.10 Å². The zero-order chi connectivity index (χ0) is 18.4. The molecule has 1 rings (SSSR count). The highest BCUT2D eigenvalue weighted by atomic mass is 16.6. The van der Waals surface area contributed by atoms with Gasteiger partial charge < -0.3 is 15.8 Å². The minimum atomic E-state index is -1.17. The summed E-state index contributed by atoms with van der Waals surface area (Å²) in [6.07, 6.45) is 1.16. The van der Waals surface area contributed by atoms with E-state index < -0.39 is 17.2 Å². The summed E-state index contributed by atoms with van der Waals surface area (Å²) >= 11 is 0. The summed E-state index contributed by atoms with van der Waals surface area (Å²) in [5.74, 6) is -0.247. The number of unbranched alkanes of at least 4 members (excludes halogenated alkanes) is 1. The van der Waals surface area contributed by atoms with Gasteiger partial charge in [0.25, 0.3) is 11.9 Å². The van der Waals surface area contributed by atoms with Gasteiger partial charge in [0.2, 0.25) is 0 Å². The Kier molecular flexibility index (Phi) is 6.64. The van der Waals surface area contributed by atoms with E-state index in [9.17, 15) is 9.59 Å². The zero-order valence-corrected chi connectivity index (χ0v) is 14.9. The number of likely N-dealkylation sites (N-methyl/N-ethyl adjacent to an activating group) is 1. The largest absolute Gasteiger partial charge is 0.444 e. The highest BCUT2D eigenvalue weighted by molar-refractivity contribution is 6.00. The molecule has 0 aliphatic rings. The maximum atomic E-state index is 12.9. The number of ether oxygens (including phenoxy) is 1. The Balaban J connectivity index is 2.91. The Labute approximate surface area is 141 Å². The van der Waals surface area contributed by atoms with Crippen LogP contribution in [0, 0.1) is 0 Å². The Bertz CT molecular complexity index is 541. The van der Waals surface area contributed by atoms with Gasteiger partial charge >= 0.3 is 6.09 Å². The summed E-state index contributed by atoms with van der Waals surface area (Å²) in [4.78, 5) is 26.2. The number of hydrogen-bond donors (Lipinski definition) is 3. The molecule has 0 saturated heterocycles. The lowest BCUT2D eigenvalue weighted by molar-refractivity contribution is -0.124.